The quantitative estimate of drug-likeness (QED) is 0.180. The Morgan fingerprint density at radius 1 is 0.925 bits per heavy atom. The number of aryl methyl sites for hydroxylation is 2. The number of fused-ring (bicyclic) bond motifs is 1. The number of hydrogen-bond donors (Lipinski definition) is 3. The van der Waals surface area contributed by atoms with Crippen LogP contribution < -0.4 is 21.1 Å². The molecule has 5 fully saturated rings. The van der Waals surface area contributed by atoms with E-state index in [-0.39, 0.29) is 35.4 Å². The Kier molecular flexibility index (Phi) is 9.64. The lowest BCUT2D eigenvalue weighted by molar-refractivity contribution is -0.129. The maximum Gasteiger partial charge on any atom is 0.253 e. The molecule has 4 heterocycles. The van der Waals surface area contributed by atoms with E-state index in [0.717, 1.165) is 96.0 Å². The molecule has 1 saturated heterocycles. The second-order valence-electron chi connectivity index (χ2n) is 16.9. The molecule has 2 amide bonds. The molecule has 0 atom stereocenters. The van der Waals surface area contributed by atoms with Gasteiger partial charge in [-0.3, -0.25) is 24.0 Å². The second kappa shape index (κ2) is 14.4. The van der Waals surface area contributed by atoms with E-state index < -0.39 is 0 Å². The van der Waals surface area contributed by atoms with Crippen LogP contribution in [0, 0.1) is 37.0 Å². The minimum atomic E-state index is -0.260. The molecule has 53 heavy (non-hydrogen) atoms. The van der Waals surface area contributed by atoms with Crippen molar-refractivity contribution < 1.29 is 9.59 Å². The number of piperazine rings is 1. The highest BCUT2D eigenvalue weighted by Crippen LogP contribution is 2.61. The molecule has 11 heteroatoms. The Hall–Kier alpha value is -4.51. The summed E-state index contributed by atoms with van der Waals surface area (Å²) in [6.45, 7) is 13.2. The predicted molar refractivity (Wildman–Crippen MR) is 208 cm³/mol. The molecule has 0 radical (unpaired) electrons. The summed E-state index contributed by atoms with van der Waals surface area (Å²) < 4.78 is 1.93. The summed E-state index contributed by atoms with van der Waals surface area (Å²) in [6, 6.07) is 10.1. The Balaban J connectivity index is 0.881. The highest BCUT2D eigenvalue weighted by Gasteiger charge is 2.51. The van der Waals surface area contributed by atoms with Crippen LogP contribution in [0.3, 0.4) is 0 Å². The molecule has 4 saturated carbocycles. The largest absolute Gasteiger partial charge is 0.355 e. The first-order valence-electron chi connectivity index (χ1n) is 19.7. The number of pyridine rings is 2. The number of aromatic nitrogens is 4. The lowest BCUT2D eigenvalue weighted by Crippen LogP contribution is -2.50. The first-order valence-corrected chi connectivity index (χ1v) is 19.7. The lowest BCUT2D eigenvalue weighted by atomic mass is 9.49. The van der Waals surface area contributed by atoms with E-state index in [1.807, 2.05) is 36.9 Å². The second-order valence-corrected chi connectivity index (χ2v) is 16.9. The number of benzene rings is 1. The summed E-state index contributed by atoms with van der Waals surface area (Å²) in [5, 5.41) is 11.6. The first kappa shape index (κ1) is 35.5. The van der Waals surface area contributed by atoms with Crippen LogP contribution in [0.1, 0.15) is 92.0 Å². The summed E-state index contributed by atoms with van der Waals surface area (Å²) in [5.74, 6) is 3.56. The van der Waals surface area contributed by atoms with Crippen LogP contribution in [0.2, 0.25) is 0 Å². The van der Waals surface area contributed by atoms with Gasteiger partial charge in [0.1, 0.15) is 5.82 Å². The molecule has 1 aromatic carbocycles. The van der Waals surface area contributed by atoms with E-state index >= 15 is 0 Å². The van der Waals surface area contributed by atoms with Crippen LogP contribution in [-0.2, 0) is 11.3 Å². The zero-order valence-corrected chi connectivity index (χ0v) is 31.7. The SMILES string of the molecule is Cc1cc(C)c(CNC(=O)c2cc(-c3ccc(N4CCN(CCNC(=O)CC56CC7CC(CC(C7)C5)C6)CC4)nc3)cc3c2cnn3C(C)C)c(=O)[nH]1. The molecule has 0 unspecified atom stereocenters. The molecular weight excluding hydrogens is 665 g/mol. The Bertz CT molecular complexity index is 2020. The van der Waals surface area contributed by atoms with Crippen molar-refractivity contribution in [3.8, 4) is 11.1 Å². The number of anilines is 1. The van der Waals surface area contributed by atoms with Gasteiger partial charge in [0.05, 0.1) is 17.3 Å². The zero-order valence-electron chi connectivity index (χ0n) is 31.7. The number of amides is 2. The molecule has 11 nitrogen and oxygen atoms in total. The summed E-state index contributed by atoms with van der Waals surface area (Å²) in [4.78, 5) is 51.8. The number of carbonyl (C=O) groups is 2. The highest BCUT2D eigenvalue weighted by atomic mass is 16.2. The van der Waals surface area contributed by atoms with Gasteiger partial charge in [0.25, 0.3) is 11.5 Å². The molecule has 3 N–H and O–H groups in total. The molecule has 9 rings (SSSR count). The van der Waals surface area contributed by atoms with E-state index in [0.29, 0.717) is 17.7 Å². The van der Waals surface area contributed by atoms with Gasteiger partial charge in [-0.15, -0.1) is 0 Å². The van der Waals surface area contributed by atoms with Crippen LogP contribution >= 0.6 is 0 Å². The van der Waals surface area contributed by atoms with Crippen molar-refractivity contribution in [3.05, 3.63) is 75.5 Å². The van der Waals surface area contributed by atoms with Crippen molar-refractivity contribution in [1.29, 1.82) is 0 Å². The van der Waals surface area contributed by atoms with Gasteiger partial charge in [0, 0.05) is 86.7 Å². The third kappa shape index (κ3) is 7.37. The summed E-state index contributed by atoms with van der Waals surface area (Å²) >= 11 is 0. The average molecular weight is 719 g/mol. The molecule has 280 valence electrons. The number of rotatable bonds is 11. The van der Waals surface area contributed by atoms with Crippen LogP contribution in [-0.4, -0.2) is 75.7 Å². The van der Waals surface area contributed by atoms with Crippen LogP contribution in [0.4, 0.5) is 5.82 Å². The minimum absolute atomic E-state index is 0.106. The smallest absolute Gasteiger partial charge is 0.253 e. The molecule has 5 aliphatic rings. The number of H-pyrrole nitrogens is 1. The van der Waals surface area contributed by atoms with Crippen molar-refractivity contribution in [2.45, 2.75) is 85.2 Å². The maximum atomic E-state index is 13.7. The third-order valence-electron chi connectivity index (χ3n) is 12.6. The molecule has 4 aliphatic carbocycles. The lowest BCUT2D eigenvalue weighted by Gasteiger charge is -2.56. The van der Waals surface area contributed by atoms with Crippen molar-refractivity contribution in [1.82, 2.24) is 35.3 Å². The van der Waals surface area contributed by atoms with Crippen LogP contribution in [0.15, 0.2) is 47.5 Å². The third-order valence-corrected chi connectivity index (χ3v) is 12.6. The molecule has 1 aliphatic heterocycles. The number of carbonyl (C=O) groups excluding carboxylic acids is 2. The first-order chi connectivity index (χ1) is 25.5. The molecule has 3 aromatic heterocycles. The van der Waals surface area contributed by atoms with Gasteiger partial charge in [-0.2, -0.15) is 5.10 Å². The van der Waals surface area contributed by atoms with Gasteiger partial charge in [-0.1, -0.05) is 0 Å². The van der Waals surface area contributed by atoms with Gasteiger partial charge in [-0.05, 0) is 131 Å². The standard InChI is InChI=1S/C42H54N8O3/c1-26(2)50-37-18-33(17-34(36(37)25-46-50)40(52)45-24-35-27(3)13-28(4)47-41(35)53)32-5-6-38(44-23-32)49-11-9-48(10-12-49)8-7-43-39(51)22-42-19-29-14-30(20-42)16-31(15-29)21-42/h5-6,13,17-18,23,25-26,29-31H,7-12,14-16,19-22,24H2,1-4H3,(H,43,51)(H,45,52)(H,47,53). The monoisotopic (exact) mass is 718 g/mol. The number of hydrogen-bond acceptors (Lipinski definition) is 7. The number of nitrogens with one attached hydrogen (secondary N) is 3. The normalized spacial score (nSPS) is 23.9. The van der Waals surface area contributed by atoms with E-state index in [1.165, 1.54) is 38.5 Å². The fourth-order valence-electron chi connectivity index (χ4n) is 10.5. The fourth-order valence-corrected chi connectivity index (χ4v) is 10.5. The molecule has 4 bridgehead atoms. The summed E-state index contributed by atoms with van der Waals surface area (Å²) in [6.07, 6.45) is 12.4. The Morgan fingerprint density at radius 2 is 1.64 bits per heavy atom. The summed E-state index contributed by atoms with van der Waals surface area (Å²) in [7, 11) is 0. The Morgan fingerprint density at radius 3 is 2.28 bits per heavy atom. The van der Waals surface area contributed by atoms with Gasteiger partial charge in [0.15, 0.2) is 0 Å². The van der Waals surface area contributed by atoms with E-state index in [9.17, 15) is 14.4 Å². The van der Waals surface area contributed by atoms with Crippen molar-refractivity contribution in [2.24, 2.45) is 23.2 Å². The predicted octanol–water partition coefficient (Wildman–Crippen LogP) is 5.76. The zero-order chi connectivity index (χ0) is 36.9. The number of nitrogens with zero attached hydrogens (tertiary/aromatic N) is 5. The summed E-state index contributed by atoms with van der Waals surface area (Å²) in [5.41, 5.74) is 5.45. The number of aromatic amines is 1. The molecule has 0 spiro atoms. The van der Waals surface area contributed by atoms with Crippen LogP contribution in [0.5, 0.6) is 0 Å². The minimum Gasteiger partial charge on any atom is -0.355 e. The van der Waals surface area contributed by atoms with Crippen molar-refractivity contribution in [3.63, 3.8) is 0 Å². The molecule has 4 aromatic rings. The average Bonchev–Trinajstić information content (AvgIpc) is 3.55. The van der Waals surface area contributed by atoms with Crippen LogP contribution in [0.25, 0.3) is 22.0 Å². The maximum absolute atomic E-state index is 13.7. The molecular formula is C42H54N8O3. The van der Waals surface area contributed by atoms with E-state index in [2.05, 4.69) is 62.6 Å². The van der Waals surface area contributed by atoms with Gasteiger partial charge in [0.2, 0.25) is 5.91 Å². The highest BCUT2D eigenvalue weighted by molar-refractivity contribution is 6.08. The van der Waals surface area contributed by atoms with E-state index in [4.69, 9.17) is 4.98 Å². The Labute approximate surface area is 311 Å². The van der Waals surface area contributed by atoms with Gasteiger partial charge in [-0.25, -0.2) is 4.98 Å². The van der Waals surface area contributed by atoms with E-state index in [1.54, 1.807) is 6.20 Å². The topological polar surface area (TPSA) is 128 Å². The van der Waals surface area contributed by atoms with Crippen molar-refractivity contribution in [2.75, 3.05) is 44.2 Å². The van der Waals surface area contributed by atoms with Gasteiger partial charge >= 0.3 is 0 Å². The fraction of sp³-hybridized carbons (Fsp3) is 0.548. The van der Waals surface area contributed by atoms with Crippen molar-refractivity contribution >= 4 is 28.5 Å². The van der Waals surface area contributed by atoms with Gasteiger partial charge < -0.3 is 20.5 Å².